The fourth-order valence-electron chi connectivity index (χ4n) is 1.89. The van der Waals surface area contributed by atoms with Crippen LogP contribution in [0.1, 0.15) is 17.5 Å². The van der Waals surface area contributed by atoms with Crippen LogP contribution in [0.15, 0.2) is 22.7 Å². The predicted octanol–water partition coefficient (Wildman–Crippen LogP) is 2.52. The van der Waals surface area contributed by atoms with Crippen molar-refractivity contribution >= 4 is 15.9 Å². The highest BCUT2D eigenvalue weighted by molar-refractivity contribution is 9.10. The van der Waals surface area contributed by atoms with Crippen molar-refractivity contribution in [3.8, 4) is 0 Å². The molecule has 70 valence electrons. The van der Waals surface area contributed by atoms with E-state index in [1.54, 1.807) is 0 Å². The Morgan fingerprint density at radius 2 is 2.31 bits per heavy atom. The van der Waals surface area contributed by atoms with E-state index in [9.17, 15) is 4.39 Å². The molecular formula is C10H11BrFN. The predicted molar refractivity (Wildman–Crippen MR) is 54.3 cm³/mol. The van der Waals surface area contributed by atoms with Crippen LogP contribution in [0.4, 0.5) is 4.39 Å². The van der Waals surface area contributed by atoms with Crippen molar-refractivity contribution in [3.63, 3.8) is 0 Å². The highest BCUT2D eigenvalue weighted by Crippen LogP contribution is 2.40. The van der Waals surface area contributed by atoms with Crippen molar-refractivity contribution < 1.29 is 4.39 Å². The van der Waals surface area contributed by atoms with Gasteiger partial charge in [0.2, 0.25) is 0 Å². The van der Waals surface area contributed by atoms with Crippen LogP contribution in [0.2, 0.25) is 0 Å². The van der Waals surface area contributed by atoms with Gasteiger partial charge in [-0.3, -0.25) is 0 Å². The van der Waals surface area contributed by atoms with Crippen LogP contribution in [-0.2, 0) is 12.1 Å². The minimum absolute atomic E-state index is 0.0850. The molecule has 1 aromatic carbocycles. The van der Waals surface area contributed by atoms with Gasteiger partial charge in [0.15, 0.2) is 0 Å². The van der Waals surface area contributed by atoms with Gasteiger partial charge in [-0.15, -0.1) is 0 Å². The molecule has 1 aliphatic carbocycles. The smallest absolute Gasteiger partial charge is 0.148 e. The molecule has 1 aromatic rings. The van der Waals surface area contributed by atoms with E-state index in [0.717, 1.165) is 22.0 Å². The summed E-state index contributed by atoms with van der Waals surface area (Å²) in [6, 6.07) is 5.68. The maximum absolute atomic E-state index is 14.0. The Hall–Kier alpha value is -0.410. The molecule has 0 radical (unpaired) electrons. The van der Waals surface area contributed by atoms with Crippen LogP contribution in [0.3, 0.4) is 0 Å². The fraction of sp³-hybridized carbons (Fsp3) is 0.400. The molecule has 2 rings (SSSR count). The van der Waals surface area contributed by atoms with Crippen LogP contribution in [0.25, 0.3) is 0 Å². The Bertz CT molecular complexity index is 340. The number of nitrogens with two attached hydrogens (primary N) is 1. The molecule has 2 N–H and O–H groups in total. The summed E-state index contributed by atoms with van der Waals surface area (Å²) in [5, 5.41) is 0. The van der Waals surface area contributed by atoms with E-state index in [4.69, 9.17) is 5.73 Å². The molecule has 1 nitrogen and oxygen atoms in total. The first-order chi connectivity index (χ1) is 6.15. The zero-order chi connectivity index (χ0) is 9.47. The molecule has 0 aromatic heterocycles. The van der Waals surface area contributed by atoms with Gasteiger partial charge in [-0.05, 0) is 36.1 Å². The quantitative estimate of drug-likeness (QED) is 0.807. The monoisotopic (exact) mass is 243 g/mol. The summed E-state index contributed by atoms with van der Waals surface area (Å²) < 4.78 is 15.0. The van der Waals surface area contributed by atoms with Crippen molar-refractivity contribution in [2.45, 2.75) is 18.5 Å². The second-order valence-electron chi connectivity index (χ2n) is 3.47. The molecule has 1 unspecified atom stereocenters. The van der Waals surface area contributed by atoms with Crippen LogP contribution in [0.5, 0.6) is 0 Å². The maximum atomic E-state index is 14.0. The lowest BCUT2D eigenvalue weighted by atomic mass is 9.98. The van der Waals surface area contributed by atoms with E-state index < -0.39 is 5.67 Å². The highest BCUT2D eigenvalue weighted by Gasteiger charge is 2.37. The van der Waals surface area contributed by atoms with Crippen LogP contribution in [-0.4, -0.2) is 6.54 Å². The van der Waals surface area contributed by atoms with E-state index >= 15 is 0 Å². The molecule has 1 aliphatic rings. The van der Waals surface area contributed by atoms with Crippen LogP contribution in [0, 0.1) is 0 Å². The summed E-state index contributed by atoms with van der Waals surface area (Å²) in [6.07, 6.45) is 1.32. The van der Waals surface area contributed by atoms with E-state index in [1.165, 1.54) is 0 Å². The molecule has 0 saturated heterocycles. The van der Waals surface area contributed by atoms with Crippen molar-refractivity contribution in [2.24, 2.45) is 5.73 Å². The van der Waals surface area contributed by atoms with Crippen molar-refractivity contribution in [1.29, 1.82) is 0 Å². The lowest BCUT2D eigenvalue weighted by molar-refractivity contribution is 0.177. The molecule has 0 heterocycles. The Balaban J connectivity index is 2.49. The molecule has 3 heteroatoms. The van der Waals surface area contributed by atoms with Crippen LogP contribution >= 0.6 is 15.9 Å². The first-order valence-corrected chi connectivity index (χ1v) is 5.13. The summed E-state index contributed by atoms with van der Waals surface area (Å²) >= 11 is 3.37. The average Bonchev–Trinajstić information content (AvgIpc) is 2.45. The van der Waals surface area contributed by atoms with Gasteiger partial charge < -0.3 is 5.73 Å². The zero-order valence-electron chi connectivity index (χ0n) is 7.19. The van der Waals surface area contributed by atoms with E-state index in [-0.39, 0.29) is 6.54 Å². The van der Waals surface area contributed by atoms with E-state index in [0.29, 0.717) is 6.42 Å². The number of rotatable bonds is 1. The molecule has 13 heavy (non-hydrogen) atoms. The molecule has 1 atom stereocenters. The van der Waals surface area contributed by atoms with Crippen molar-refractivity contribution in [2.75, 3.05) is 6.54 Å². The summed E-state index contributed by atoms with van der Waals surface area (Å²) in [6.45, 7) is 0.0850. The Labute approximate surface area is 85.3 Å². The molecular weight excluding hydrogens is 233 g/mol. The number of hydrogen-bond donors (Lipinski definition) is 1. The zero-order valence-corrected chi connectivity index (χ0v) is 8.77. The fourth-order valence-corrected chi connectivity index (χ4v) is 2.29. The SMILES string of the molecule is NCC1(F)CCc2cc(Br)ccc21. The molecule has 0 saturated carbocycles. The van der Waals surface area contributed by atoms with E-state index in [2.05, 4.69) is 15.9 Å². The lowest BCUT2D eigenvalue weighted by Gasteiger charge is -2.17. The van der Waals surface area contributed by atoms with Gasteiger partial charge >= 0.3 is 0 Å². The number of aryl methyl sites for hydroxylation is 1. The summed E-state index contributed by atoms with van der Waals surface area (Å²) in [5.74, 6) is 0. The standard InChI is InChI=1S/C10H11BrFN/c11-8-1-2-9-7(5-8)3-4-10(9,12)6-13/h1-2,5H,3-4,6,13H2. The number of benzene rings is 1. The van der Waals surface area contributed by atoms with Gasteiger partial charge in [0, 0.05) is 11.0 Å². The Kier molecular flexibility index (Phi) is 2.16. The minimum Gasteiger partial charge on any atom is -0.327 e. The highest BCUT2D eigenvalue weighted by atomic mass is 79.9. The van der Waals surface area contributed by atoms with Gasteiger partial charge in [0.1, 0.15) is 5.67 Å². The normalized spacial score (nSPS) is 26.1. The molecule has 0 bridgehead atoms. The topological polar surface area (TPSA) is 26.0 Å². The van der Waals surface area contributed by atoms with Crippen molar-refractivity contribution in [3.05, 3.63) is 33.8 Å². The van der Waals surface area contributed by atoms with Gasteiger partial charge in [-0.1, -0.05) is 22.0 Å². The number of halogens is 2. The Morgan fingerprint density at radius 3 is 3.00 bits per heavy atom. The average molecular weight is 244 g/mol. The second-order valence-corrected chi connectivity index (χ2v) is 4.39. The largest absolute Gasteiger partial charge is 0.327 e. The number of alkyl halides is 1. The molecule has 0 fully saturated rings. The van der Waals surface area contributed by atoms with E-state index in [1.807, 2.05) is 18.2 Å². The second kappa shape index (κ2) is 3.07. The molecule has 0 spiro atoms. The summed E-state index contributed by atoms with van der Waals surface area (Å²) in [5.41, 5.74) is 6.01. The van der Waals surface area contributed by atoms with Crippen molar-refractivity contribution in [1.82, 2.24) is 0 Å². The minimum atomic E-state index is -1.28. The third-order valence-corrected chi connectivity index (χ3v) is 3.16. The number of fused-ring (bicyclic) bond motifs is 1. The van der Waals surface area contributed by atoms with Gasteiger partial charge in [-0.2, -0.15) is 0 Å². The summed E-state index contributed by atoms with van der Waals surface area (Å²) in [7, 11) is 0. The summed E-state index contributed by atoms with van der Waals surface area (Å²) in [4.78, 5) is 0. The molecule has 0 aliphatic heterocycles. The first-order valence-electron chi connectivity index (χ1n) is 4.33. The Morgan fingerprint density at radius 1 is 1.54 bits per heavy atom. The third-order valence-electron chi connectivity index (χ3n) is 2.66. The van der Waals surface area contributed by atoms with Gasteiger partial charge in [0.25, 0.3) is 0 Å². The number of hydrogen-bond acceptors (Lipinski definition) is 1. The lowest BCUT2D eigenvalue weighted by Crippen LogP contribution is -2.27. The van der Waals surface area contributed by atoms with Gasteiger partial charge in [-0.25, -0.2) is 4.39 Å². The first kappa shape index (κ1) is 9.16. The van der Waals surface area contributed by atoms with Gasteiger partial charge in [0.05, 0.1) is 0 Å². The maximum Gasteiger partial charge on any atom is 0.148 e. The third kappa shape index (κ3) is 1.40. The molecule has 0 amide bonds. The van der Waals surface area contributed by atoms with Crippen LogP contribution < -0.4 is 5.73 Å².